The topological polar surface area (TPSA) is 139 Å². The van der Waals surface area contributed by atoms with E-state index in [-0.39, 0.29) is 5.91 Å². The number of piperidine rings is 1. The Bertz CT molecular complexity index is 439. The van der Waals surface area contributed by atoms with Crippen LogP contribution in [0.5, 0.6) is 0 Å². The van der Waals surface area contributed by atoms with Crippen LogP contribution in [0, 0.1) is 0 Å². The van der Waals surface area contributed by atoms with Crippen LogP contribution in [0.15, 0.2) is 0 Å². The second kappa shape index (κ2) is 15.2. The lowest BCUT2D eigenvalue weighted by Crippen LogP contribution is -2.53. The number of carbonyl (C=O) groups is 3. The van der Waals surface area contributed by atoms with E-state index in [0.717, 1.165) is 46.3 Å². The zero-order valence-corrected chi connectivity index (χ0v) is 17.2. The molecule has 2 rings (SSSR count). The van der Waals surface area contributed by atoms with Gasteiger partial charge in [-0.1, -0.05) is 19.3 Å². The smallest absolute Gasteiger partial charge is 0.300 e. The van der Waals surface area contributed by atoms with Gasteiger partial charge in [-0.3, -0.25) is 19.3 Å². The second-order valence-corrected chi connectivity index (χ2v) is 7.36. The number of β-amino-alcohol motifs (C(OH)–C–C–N with tert-alkyl or cyclic N) is 1. The number of hydrogen-bond acceptors (Lipinski definition) is 6. The quantitative estimate of drug-likeness (QED) is 0.461. The number of nitrogens with zero attached hydrogens (tertiary/aromatic N) is 1. The minimum Gasteiger partial charge on any atom is -0.481 e. The van der Waals surface area contributed by atoms with E-state index in [0.29, 0.717) is 19.6 Å². The van der Waals surface area contributed by atoms with Gasteiger partial charge < -0.3 is 26.0 Å². The first kappa shape index (κ1) is 26.3. The molecule has 2 saturated heterocycles. The Hall–Kier alpha value is -1.71. The average Bonchev–Trinajstić information content (AvgIpc) is 2.55. The van der Waals surface area contributed by atoms with Gasteiger partial charge in [-0.05, 0) is 45.3 Å². The van der Waals surface area contributed by atoms with Gasteiger partial charge in [0.25, 0.3) is 11.9 Å². The van der Waals surface area contributed by atoms with Crippen molar-refractivity contribution < 1.29 is 29.7 Å². The van der Waals surface area contributed by atoms with E-state index < -0.39 is 17.5 Å². The van der Waals surface area contributed by atoms with Crippen LogP contribution in [0.3, 0.4) is 0 Å². The van der Waals surface area contributed by atoms with E-state index in [4.69, 9.17) is 19.8 Å². The first-order valence-electron chi connectivity index (χ1n) is 9.96. The summed E-state index contributed by atoms with van der Waals surface area (Å²) in [6.07, 6.45) is 8.03. The molecule has 164 valence electrons. The molecule has 0 aromatic heterocycles. The van der Waals surface area contributed by atoms with Gasteiger partial charge >= 0.3 is 0 Å². The Morgan fingerprint density at radius 2 is 1.46 bits per heavy atom. The Kier molecular flexibility index (Phi) is 14.3. The van der Waals surface area contributed by atoms with Gasteiger partial charge in [-0.2, -0.15) is 0 Å². The van der Waals surface area contributed by atoms with Crippen LogP contribution in [-0.4, -0.2) is 82.9 Å². The summed E-state index contributed by atoms with van der Waals surface area (Å²) in [6, 6.07) is 0. The molecule has 0 bridgehead atoms. The summed E-state index contributed by atoms with van der Waals surface area (Å²) < 4.78 is 0. The summed E-state index contributed by atoms with van der Waals surface area (Å²) in [5.41, 5.74) is -0.760. The molecule has 0 spiro atoms. The number of carboxylic acid groups (broad SMARTS) is 2. The number of amides is 1. The van der Waals surface area contributed by atoms with Crippen molar-refractivity contribution in [2.75, 3.05) is 39.3 Å². The van der Waals surface area contributed by atoms with Gasteiger partial charge in [0.2, 0.25) is 5.91 Å². The molecule has 2 fully saturated rings. The molecule has 0 saturated carbocycles. The SMILES string of the molecule is CC(=O)O.CC(=O)O.O=C(CN1CCCCCCC1)NCC1(O)CCCNC1. The van der Waals surface area contributed by atoms with Gasteiger partial charge in [0, 0.05) is 26.9 Å². The van der Waals surface area contributed by atoms with Crippen LogP contribution in [-0.2, 0) is 14.4 Å². The first-order chi connectivity index (χ1) is 13.1. The molecule has 2 heterocycles. The molecule has 9 heteroatoms. The largest absolute Gasteiger partial charge is 0.481 e. The maximum absolute atomic E-state index is 12.0. The number of carbonyl (C=O) groups excluding carboxylic acids is 1. The van der Waals surface area contributed by atoms with Crippen LogP contribution < -0.4 is 10.6 Å². The van der Waals surface area contributed by atoms with E-state index in [1.165, 1.54) is 32.1 Å². The van der Waals surface area contributed by atoms with Gasteiger partial charge in [0.15, 0.2) is 0 Å². The average molecular weight is 404 g/mol. The highest BCUT2D eigenvalue weighted by molar-refractivity contribution is 5.78. The minimum atomic E-state index is -0.833. The number of likely N-dealkylation sites (tertiary alicyclic amines) is 1. The van der Waals surface area contributed by atoms with E-state index >= 15 is 0 Å². The molecule has 5 N–H and O–H groups in total. The predicted octanol–water partition coefficient (Wildman–Crippen LogP) is 0.665. The van der Waals surface area contributed by atoms with Crippen molar-refractivity contribution in [1.29, 1.82) is 0 Å². The third-order valence-corrected chi connectivity index (χ3v) is 4.38. The van der Waals surface area contributed by atoms with Crippen molar-refractivity contribution in [2.45, 2.75) is 64.4 Å². The minimum absolute atomic E-state index is 0.0459. The summed E-state index contributed by atoms with van der Waals surface area (Å²) in [5.74, 6) is -1.62. The molecule has 28 heavy (non-hydrogen) atoms. The molecule has 0 aromatic rings. The molecular weight excluding hydrogens is 366 g/mol. The first-order valence-corrected chi connectivity index (χ1v) is 9.96. The third-order valence-electron chi connectivity index (χ3n) is 4.38. The number of aliphatic hydroxyl groups is 1. The fourth-order valence-electron chi connectivity index (χ4n) is 3.10. The van der Waals surface area contributed by atoms with Gasteiger partial charge in [-0.25, -0.2) is 0 Å². The maximum Gasteiger partial charge on any atom is 0.300 e. The fraction of sp³-hybridized carbons (Fsp3) is 0.842. The standard InChI is InChI=1S/C15H29N3O2.2C2H4O2/c19-14(11-18-9-4-2-1-3-5-10-18)17-13-15(20)7-6-8-16-12-15;2*1-2(3)4/h16,20H,1-13H2,(H,17,19);2*1H3,(H,3,4). The Labute approximate surface area is 167 Å². The molecule has 2 aliphatic heterocycles. The number of aliphatic carboxylic acids is 2. The summed E-state index contributed by atoms with van der Waals surface area (Å²) >= 11 is 0. The highest BCUT2D eigenvalue weighted by atomic mass is 16.4. The Morgan fingerprint density at radius 1 is 0.964 bits per heavy atom. The molecule has 2 aliphatic rings. The normalized spacial score (nSPS) is 22.8. The summed E-state index contributed by atoms with van der Waals surface area (Å²) in [5, 5.41) is 31.2. The molecule has 9 nitrogen and oxygen atoms in total. The van der Waals surface area contributed by atoms with E-state index in [2.05, 4.69) is 15.5 Å². The van der Waals surface area contributed by atoms with Gasteiger partial charge in [-0.15, -0.1) is 0 Å². The predicted molar refractivity (Wildman–Crippen MR) is 106 cm³/mol. The zero-order valence-electron chi connectivity index (χ0n) is 17.2. The van der Waals surface area contributed by atoms with E-state index in [1.54, 1.807) is 0 Å². The number of rotatable bonds is 4. The fourth-order valence-corrected chi connectivity index (χ4v) is 3.10. The lowest BCUT2D eigenvalue weighted by atomic mass is 9.94. The zero-order chi connectivity index (χ0) is 21.4. The highest BCUT2D eigenvalue weighted by Crippen LogP contribution is 2.14. The molecule has 1 amide bonds. The Morgan fingerprint density at radius 3 is 1.93 bits per heavy atom. The molecule has 0 aromatic carbocycles. The van der Waals surface area contributed by atoms with Crippen LogP contribution in [0.1, 0.15) is 58.8 Å². The molecule has 0 radical (unpaired) electrons. The van der Waals surface area contributed by atoms with Crippen molar-refractivity contribution in [3.63, 3.8) is 0 Å². The van der Waals surface area contributed by atoms with Crippen LogP contribution in [0.4, 0.5) is 0 Å². The monoisotopic (exact) mass is 403 g/mol. The molecular formula is C19H37N3O6. The number of nitrogens with one attached hydrogen (secondary N) is 2. The summed E-state index contributed by atoms with van der Waals surface area (Å²) in [7, 11) is 0. The number of hydrogen-bond donors (Lipinski definition) is 5. The van der Waals surface area contributed by atoms with Crippen molar-refractivity contribution >= 4 is 17.8 Å². The van der Waals surface area contributed by atoms with Gasteiger partial charge in [0.05, 0.1) is 12.1 Å². The maximum atomic E-state index is 12.0. The van der Waals surface area contributed by atoms with Crippen molar-refractivity contribution in [2.24, 2.45) is 0 Å². The molecule has 1 atom stereocenters. The van der Waals surface area contributed by atoms with E-state index in [9.17, 15) is 9.90 Å². The number of carboxylic acids is 2. The Balaban J connectivity index is 0.000000776. The summed E-state index contributed by atoms with van der Waals surface area (Å²) in [6.45, 7) is 6.61. The van der Waals surface area contributed by atoms with Crippen molar-refractivity contribution in [3.05, 3.63) is 0 Å². The van der Waals surface area contributed by atoms with Crippen LogP contribution >= 0.6 is 0 Å². The van der Waals surface area contributed by atoms with E-state index in [1.807, 2.05) is 0 Å². The highest BCUT2D eigenvalue weighted by Gasteiger charge is 2.29. The molecule has 0 aliphatic carbocycles. The van der Waals surface area contributed by atoms with Crippen molar-refractivity contribution in [3.8, 4) is 0 Å². The third kappa shape index (κ3) is 16.5. The lowest BCUT2D eigenvalue weighted by molar-refractivity contribution is -0.135. The van der Waals surface area contributed by atoms with Crippen LogP contribution in [0.25, 0.3) is 0 Å². The van der Waals surface area contributed by atoms with Crippen LogP contribution in [0.2, 0.25) is 0 Å². The van der Waals surface area contributed by atoms with Crippen molar-refractivity contribution in [1.82, 2.24) is 15.5 Å². The molecule has 1 unspecified atom stereocenters. The van der Waals surface area contributed by atoms with Gasteiger partial charge in [0.1, 0.15) is 0 Å². The summed E-state index contributed by atoms with van der Waals surface area (Å²) in [4.78, 5) is 32.3. The lowest BCUT2D eigenvalue weighted by Gasteiger charge is -2.33. The second-order valence-electron chi connectivity index (χ2n) is 7.36.